The van der Waals surface area contributed by atoms with Gasteiger partial charge in [-0.3, -0.25) is 4.99 Å². The second-order valence-corrected chi connectivity index (χ2v) is 9.55. The summed E-state index contributed by atoms with van der Waals surface area (Å²) in [5.74, 6) is 2.13. The SMILES string of the molecule is CCS(=O)(=O)NCCCNC(=NC)N1CCSC(C)(C)C1. The summed E-state index contributed by atoms with van der Waals surface area (Å²) in [6.07, 6.45) is 0.740. The molecular weight excluding hydrogens is 308 g/mol. The van der Waals surface area contributed by atoms with Crippen LogP contribution in [0.5, 0.6) is 0 Å². The molecule has 2 N–H and O–H groups in total. The average Bonchev–Trinajstić information content (AvgIpc) is 2.41. The molecule has 0 spiro atoms. The molecule has 124 valence electrons. The van der Waals surface area contributed by atoms with Gasteiger partial charge in [0.05, 0.1) is 5.75 Å². The molecule has 1 fully saturated rings. The van der Waals surface area contributed by atoms with Crippen molar-refractivity contribution in [1.29, 1.82) is 0 Å². The van der Waals surface area contributed by atoms with Crippen molar-refractivity contribution < 1.29 is 8.42 Å². The Morgan fingerprint density at radius 3 is 2.67 bits per heavy atom. The zero-order chi connectivity index (χ0) is 15.9. The van der Waals surface area contributed by atoms with Gasteiger partial charge in [0.1, 0.15) is 0 Å². The number of sulfonamides is 1. The molecule has 1 rings (SSSR count). The van der Waals surface area contributed by atoms with E-state index in [0.717, 1.165) is 31.2 Å². The number of hydrogen-bond acceptors (Lipinski definition) is 4. The van der Waals surface area contributed by atoms with E-state index in [1.165, 1.54) is 0 Å². The van der Waals surface area contributed by atoms with Gasteiger partial charge in [-0.15, -0.1) is 0 Å². The summed E-state index contributed by atoms with van der Waals surface area (Å²) in [5.41, 5.74) is 0. The minimum absolute atomic E-state index is 0.128. The lowest BCUT2D eigenvalue weighted by Gasteiger charge is -2.39. The van der Waals surface area contributed by atoms with E-state index >= 15 is 0 Å². The van der Waals surface area contributed by atoms with Crippen LogP contribution in [0, 0.1) is 0 Å². The topological polar surface area (TPSA) is 73.8 Å². The van der Waals surface area contributed by atoms with E-state index in [0.29, 0.717) is 13.1 Å². The summed E-state index contributed by atoms with van der Waals surface area (Å²) in [4.78, 5) is 6.59. The van der Waals surface area contributed by atoms with Crippen molar-refractivity contribution in [3.05, 3.63) is 0 Å². The highest BCUT2D eigenvalue weighted by Gasteiger charge is 2.28. The lowest BCUT2D eigenvalue weighted by Crippen LogP contribution is -2.51. The molecule has 0 bridgehead atoms. The van der Waals surface area contributed by atoms with Crippen LogP contribution >= 0.6 is 11.8 Å². The summed E-state index contributed by atoms with van der Waals surface area (Å²) in [5, 5.41) is 3.31. The van der Waals surface area contributed by atoms with Gasteiger partial charge in [-0.05, 0) is 27.2 Å². The number of thioether (sulfide) groups is 1. The number of hydrogen-bond donors (Lipinski definition) is 2. The zero-order valence-electron chi connectivity index (χ0n) is 13.5. The van der Waals surface area contributed by atoms with Crippen LogP contribution in [0.15, 0.2) is 4.99 Å². The highest BCUT2D eigenvalue weighted by molar-refractivity contribution is 8.00. The smallest absolute Gasteiger partial charge is 0.211 e. The largest absolute Gasteiger partial charge is 0.356 e. The Hall–Kier alpha value is -0.470. The average molecular weight is 337 g/mol. The number of rotatable bonds is 6. The maximum absolute atomic E-state index is 11.3. The minimum atomic E-state index is -3.08. The van der Waals surface area contributed by atoms with Gasteiger partial charge >= 0.3 is 0 Å². The van der Waals surface area contributed by atoms with Crippen LogP contribution in [-0.2, 0) is 10.0 Å². The molecule has 21 heavy (non-hydrogen) atoms. The fourth-order valence-electron chi connectivity index (χ4n) is 2.15. The number of aliphatic imine (C=N–C) groups is 1. The van der Waals surface area contributed by atoms with E-state index in [-0.39, 0.29) is 10.5 Å². The highest BCUT2D eigenvalue weighted by Crippen LogP contribution is 2.29. The minimum Gasteiger partial charge on any atom is -0.356 e. The number of guanidine groups is 1. The summed E-state index contributed by atoms with van der Waals surface area (Å²) >= 11 is 1.99. The first-order valence-electron chi connectivity index (χ1n) is 7.36. The van der Waals surface area contributed by atoms with Crippen LogP contribution in [-0.4, -0.2) is 68.8 Å². The van der Waals surface area contributed by atoms with Crippen LogP contribution in [0.1, 0.15) is 27.2 Å². The van der Waals surface area contributed by atoms with Gasteiger partial charge in [-0.2, -0.15) is 11.8 Å². The fourth-order valence-corrected chi connectivity index (χ4v) is 3.92. The van der Waals surface area contributed by atoms with E-state index in [9.17, 15) is 8.42 Å². The van der Waals surface area contributed by atoms with E-state index < -0.39 is 10.0 Å². The summed E-state index contributed by atoms with van der Waals surface area (Å²) < 4.78 is 25.4. The van der Waals surface area contributed by atoms with Gasteiger partial charge in [0.2, 0.25) is 10.0 Å². The molecule has 0 aliphatic carbocycles. The standard InChI is InChI=1S/C13H28N4O2S2/c1-5-21(18,19)16-8-6-7-15-12(14-4)17-9-10-20-13(2,3)11-17/h16H,5-11H2,1-4H3,(H,14,15). The lowest BCUT2D eigenvalue weighted by atomic mass is 10.2. The molecule has 0 radical (unpaired) electrons. The number of nitrogens with one attached hydrogen (secondary N) is 2. The predicted molar refractivity (Wildman–Crippen MR) is 91.6 cm³/mol. The first-order valence-corrected chi connectivity index (χ1v) is 10.0. The molecule has 0 saturated carbocycles. The molecule has 0 aromatic heterocycles. The maximum atomic E-state index is 11.3. The van der Waals surface area contributed by atoms with Crippen molar-refractivity contribution >= 4 is 27.7 Å². The summed E-state index contributed by atoms with van der Waals surface area (Å²) in [6, 6.07) is 0. The van der Waals surface area contributed by atoms with Crippen molar-refractivity contribution in [3.63, 3.8) is 0 Å². The first-order chi connectivity index (χ1) is 9.79. The third-order valence-electron chi connectivity index (χ3n) is 3.28. The molecule has 0 amide bonds. The van der Waals surface area contributed by atoms with Crippen LogP contribution in [0.25, 0.3) is 0 Å². The second-order valence-electron chi connectivity index (χ2n) is 5.66. The van der Waals surface area contributed by atoms with Gasteiger partial charge in [0, 0.05) is 43.7 Å². The number of nitrogens with zero attached hydrogens (tertiary/aromatic N) is 2. The molecule has 1 aliphatic rings. The Morgan fingerprint density at radius 2 is 2.10 bits per heavy atom. The molecular formula is C13H28N4O2S2. The molecule has 1 heterocycles. The lowest BCUT2D eigenvalue weighted by molar-refractivity contribution is 0.375. The quantitative estimate of drug-likeness (QED) is 0.425. The van der Waals surface area contributed by atoms with Crippen molar-refractivity contribution in [2.75, 3.05) is 44.7 Å². The fraction of sp³-hybridized carbons (Fsp3) is 0.923. The second kappa shape index (κ2) is 8.24. The van der Waals surface area contributed by atoms with E-state index in [4.69, 9.17) is 0 Å². The van der Waals surface area contributed by atoms with Gasteiger partial charge in [0.25, 0.3) is 0 Å². The molecule has 6 nitrogen and oxygen atoms in total. The highest BCUT2D eigenvalue weighted by atomic mass is 32.2. The van der Waals surface area contributed by atoms with Gasteiger partial charge in [-0.1, -0.05) is 0 Å². The Morgan fingerprint density at radius 1 is 1.38 bits per heavy atom. The van der Waals surface area contributed by atoms with Crippen molar-refractivity contribution in [1.82, 2.24) is 14.9 Å². The zero-order valence-corrected chi connectivity index (χ0v) is 15.1. The molecule has 0 aromatic rings. The van der Waals surface area contributed by atoms with E-state index in [2.05, 4.69) is 33.8 Å². The van der Waals surface area contributed by atoms with Crippen molar-refractivity contribution in [2.45, 2.75) is 31.9 Å². The van der Waals surface area contributed by atoms with E-state index in [1.807, 2.05) is 11.8 Å². The predicted octanol–water partition coefficient (Wildman–Crippen LogP) is 0.719. The Balaban J connectivity index is 2.32. The van der Waals surface area contributed by atoms with Crippen molar-refractivity contribution in [3.8, 4) is 0 Å². The summed E-state index contributed by atoms with van der Waals surface area (Å²) in [7, 11) is -1.29. The van der Waals surface area contributed by atoms with Crippen molar-refractivity contribution in [2.24, 2.45) is 4.99 Å². The first kappa shape index (κ1) is 18.6. The Labute approximate surface area is 133 Å². The molecule has 8 heteroatoms. The summed E-state index contributed by atoms with van der Waals surface area (Å²) in [6.45, 7) is 9.27. The van der Waals surface area contributed by atoms with Gasteiger partial charge in [0.15, 0.2) is 5.96 Å². The molecule has 0 unspecified atom stereocenters. The Kier molecular flexibility index (Phi) is 7.29. The van der Waals surface area contributed by atoms with E-state index in [1.54, 1.807) is 14.0 Å². The normalized spacial score (nSPS) is 19.6. The van der Waals surface area contributed by atoms with Gasteiger partial charge in [-0.25, -0.2) is 13.1 Å². The van der Waals surface area contributed by atoms with Crippen LogP contribution in [0.2, 0.25) is 0 Å². The van der Waals surface area contributed by atoms with Gasteiger partial charge < -0.3 is 10.2 Å². The van der Waals surface area contributed by atoms with Crippen LogP contribution < -0.4 is 10.0 Å². The van der Waals surface area contributed by atoms with Crippen LogP contribution in [0.3, 0.4) is 0 Å². The molecule has 0 atom stereocenters. The molecule has 1 saturated heterocycles. The maximum Gasteiger partial charge on any atom is 0.211 e. The monoisotopic (exact) mass is 336 g/mol. The third kappa shape index (κ3) is 6.88. The molecule has 1 aliphatic heterocycles. The van der Waals surface area contributed by atoms with Crippen LogP contribution in [0.4, 0.5) is 0 Å². The third-order valence-corrected chi connectivity index (χ3v) is 5.98. The Bertz CT molecular complexity index is 449. The molecule has 0 aromatic carbocycles.